The third kappa shape index (κ3) is 2.21. The summed E-state index contributed by atoms with van der Waals surface area (Å²) in [4.78, 5) is 0. The van der Waals surface area contributed by atoms with Crippen LogP contribution in [0.25, 0.3) is 0 Å². The van der Waals surface area contributed by atoms with Crippen LogP contribution in [0.5, 0.6) is 0 Å². The van der Waals surface area contributed by atoms with Crippen molar-refractivity contribution in [2.24, 2.45) is 5.41 Å². The Morgan fingerprint density at radius 2 is 1.89 bits per heavy atom. The van der Waals surface area contributed by atoms with Gasteiger partial charge in [0.15, 0.2) is 0 Å². The average molecular weight is 268 g/mol. The van der Waals surface area contributed by atoms with E-state index in [4.69, 9.17) is 0 Å². The summed E-state index contributed by atoms with van der Waals surface area (Å²) in [6, 6.07) is 17.8. The summed E-state index contributed by atoms with van der Waals surface area (Å²) in [6.07, 6.45) is 1.17. The van der Waals surface area contributed by atoms with Crippen molar-refractivity contribution in [3.05, 3.63) is 70.8 Å². The molecule has 1 aliphatic carbocycles. The molecule has 0 bridgehead atoms. The van der Waals surface area contributed by atoms with E-state index in [1.165, 1.54) is 28.7 Å². The first kappa shape index (κ1) is 12.8. The summed E-state index contributed by atoms with van der Waals surface area (Å²) in [5, 5.41) is 0. The van der Waals surface area contributed by atoms with Crippen LogP contribution < -0.4 is 0 Å². The zero-order valence-corrected chi connectivity index (χ0v) is 12.5. The Hall–Kier alpha value is -1.21. The maximum absolute atomic E-state index is 4.40. The van der Waals surface area contributed by atoms with Gasteiger partial charge in [-0.1, -0.05) is 62.4 Å². The second-order valence-electron chi connectivity index (χ2n) is 6.20. The van der Waals surface area contributed by atoms with Crippen LogP contribution in [0.15, 0.2) is 48.5 Å². The lowest BCUT2D eigenvalue weighted by Gasteiger charge is -2.28. The second kappa shape index (κ2) is 4.72. The van der Waals surface area contributed by atoms with Crippen molar-refractivity contribution in [1.82, 2.24) is 0 Å². The Bertz CT molecular complexity index is 598. The van der Waals surface area contributed by atoms with Crippen molar-refractivity contribution < 1.29 is 0 Å². The lowest BCUT2D eigenvalue weighted by Crippen LogP contribution is -2.18. The molecule has 0 aromatic heterocycles. The lowest BCUT2D eigenvalue weighted by molar-refractivity contribution is 0.347. The van der Waals surface area contributed by atoms with E-state index >= 15 is 0 Å². The minimum atomic E-state index is 0.291. The van der Waals surface area contributed by atoms with Crippen LogP contribution in [0.1, 0.15) is 42.0 Å². The molecule has 2 aromatic carbocycles. The molecule has 2 aromatic rings. The number of hydrogen-bond donors (Lipinski definition) is 1. The Morgan fingerprint density at radius 1 is 1.11 bits per heavy atom. The van der Waals surface area contributed by atoms with Crippen LogP contribution in [0.4, 0.5) is 0 Å². The van der Waals surface area contributed by atoms with Crippen LogP contribution in [0, 0.1) is 5.41 Å². The number of benzene rings is 2. The highest BCUT2D eigenvalue weighted by molar-refractivity contribution is 7.79. The average Bonchev–Trinajstić information content (AvgIpc) is 2.68. The molecule has 98 valence electrons. The van der Waals surface area contributed by atoms with E-state index in [0.717, 1.165) is 5.75 Å². The minimum absolute atomic E-state index is 0.291. The van der Waals surface area contributed by atoms with Gasteiger partial charge in [0, 0.05) is 11.7 Å². The zero-order valence-electron chi connectivity index (χ0n) is 11.6. The fourth-order valence-corrected chi connectivity index (χ4v) is 3.69. The van der Waals surface area contributed by atoms with Crippen molar-refractivity contribution >= 4 is 12.6 Å². The van der Waals surface area contributed by atoms with E-state index in [0.29, 0.717) is 11.3 Å². The van der Waals surface area contributed by atoms with Crippen LogP contribution in [0.3, 0.4) is 0 Å². The number of rotatable bonds is 2. The predicted octanol–water partition coefficient (Wildman–Crippen LogP) is 4.83. The summed E-state index contributed by atoms with van der Waals surface area (Å²) >= 11 is 4.40. The van der Waals surface area contributed by atoms with Crippen molar-refractivity contribution in [1.29, 1.82) is 0 Å². The van der Waals surface area contributed by atoms with E-state index in [2.05, 4.69) is 75.0 Å². The molecular weight excluding hydrogens is 248 g/mol. The molecule has 3 rings (SSSR count). The molecule has 0 spiro atoms. The van der Waals surface area contributed by atoms with Gasteiger partial charge in [0.05, 0.1) is 0 Å². The molecule has 1 aliphatic rings. The van der Waals surface area contributed by atoms with Gasteiger partial charge in [0.1, 0.15) is 0 Å². The molecule has 0 N–H and O–H groups in total. The van der Waals surface area contributed by atoms with E-state index < -0.39 is 0 Å². The van der Waals surface area contributed by atoms with Gasteiger partial charge in [-0.2, -0.15) is 12.6 Å². The van der Waals surface area contributed by atoms with Crippen molar-refractivity contribution in [2.75, 3.05) is 0 Å². The second-order valence-corrected chi connectivity index (χ2v) is 6.52. The molecule has 0 amide bonds. The smallest absolute Gasteiger partial charge is 0.0154 e. The molecule has 19 heavy (non-hydrogen) atoms. The van der Waals surface area contributed by atoms with E-state index in [1.807, 2.05) is 0 Å². The molecule has 0 aliphatic heterocycles. The maximum Gasteiger partial charge on any atom is 0.0154 e. The molecule has 1 heteroatoms. The van der Waals surface area contributed by atoms with Crippen LogP contribution in [-0.2, 0) is 12.2 Å². The highest BCUT2D eigenvalue weighted by Gasteiger charge is 2.39. The van der Waals surface area contributed by atoms with Crippen molar-refractivity contribution in [3.63, 3.8) is 0 Å². The zero-order chi connectivity index (χ0) is 13.5. The first-order valence-electron chi connectivity index (χ1n) is 6.89. The van der Waals surface area contributed by atoms with Crippen molar-refractivity contribution in [2.45, 2.75) is 31.9 Å². The van der Waals surface area contributed by atoms with Gasteiger partial charge >= 0.3 is 0 Å². The largest absolute Gasteiger partial charge is 0.175 e. The highest BCUT2D eigenvalue weighted by atomic mass is 32.1. The Balaban J connectivity index is 2.12. The van der Waals surface area contributed by atoms with Crippen LogP contribution in [-0.4, -0.2) is 0 Å². The summed E-state index contributed by atoms with van der Waals surface area (Å²) in [5.41, 5.74) is 6.04. The topological polar surface area (TPSA) is 0 Å². The Morgan fingerprint density at radius 3 is 2.68 bits per heavy atom. The van der Waals surface area contributed by atoms with Crippen LogP contribution in [0.2, 0.25) is 0 Å². The van der Waals surface area contributed by atoms with Gasteiger partial charge in [-0.05, 0) is 34.1 Å². The van der Waals surface area contributed by atoms with Crippen LogP contribution >= 0.6 is 12.6 Å². The summed E-state index contributed by atoms with van der Waals surface area (Å²) in [6.45, 7) is 4.76. The number of hydrogen-bond acceptors (Lipinski definition) is 1. The highest BCUT2D eigenvalue weighted by Crippen LogP contribution is 2.50. The molecule has 0 saturated carbocycles. The fraction of sp³-hybridized carbons (Fsp3) is 0.333. The lowest BCUT2D eigenvalue weighted by atomic mass is 9.75. The Labute approximate surface area is 121 Å². The number of fused-ring (bicyclic) bond motifs is 1. The molecule has 0 nitrogen and oxygen atoms in total. The molecule has 0 saturated heterocycles. The maximum atomic E-state index is 4.40. The molecule has 1 atom stereocenters. The SMILES string of the molecule is CC1(C)Cc2ccccc2C1c1cccc(CS)c1. The summed E-state index contributed by atoms with van der Waals surface area (Å²) in [5.74, 6) is 1.31. The molecular formula is C18H20S. The third-order valence-electron chi connectivity index (χ3n) is 4.26. The van der Waals surface area contributed by atoms with Gasteiger partial charge in [-0.15, -0.1) is 0 Å². The van der Waals surface area contributed by atoms with Crippen molar-refractivity contribution in [3.8, 4) is 0 Å². The first-order chi connectivity index (χ1) is 9.12. The molecule has 0 radical (unpaired) electrons. The normalized spacial score (nSPS) is 20.3. The molecule has 1 unspecified atom stereocenters. The molecule has 0 heterocycles. The fourth-order valence-electron chi connectivity index (χ4n) is 3.49. The predicted molar refractivity (Wildman–Crippen MR) is 84.9 cm³/mol. The van der Waals surface area contributed by atoms with Gasteiger partial charge < -0.3 is 0 Å². The van der Waals surface area contributed by atoms with Gasteiger partial charge in [-0.3, -0.25) is 0 Å². The minimum Gasteiger partial charge on any atom is -0.175 e. The number of thiol groups is 1. The third-order valence-corrected chi connectivity index (χ3v) is 4.63. The van der Waals surface area contributed by atoms with Gasteiger partial charge in [-0.25, -0.2) is 0 Å². The first-order valence-corrected chi connectivity index (χ1v) is 7.52. The molecule has 0 fully saturated rings. The van der Waals surface area contributed by atoms with E-state index in [1.54, 1.807) is 0 Å². The van der Waals surface area contributed by atoms with E-state index in [9.17, 15) is 0 Å². The quantitative estimate of drug-likeness (QED) is 0.741. The van der Waals surface area contributed by atoms with Gasteiger partial charge in [0.25, 0.3) is 0 Å². The van der Waals surface area contributed by atoms with Gasteiger partial charge in [0.2, 0.25) is 0 Å². The summed E-state index contributed by atoms with van der Waals surface area (Å²) < 4.78 is 0. The Kier molecular flexibility index (Phi) is 3.18. The standard InChI is InChI=1S/C18H20S/c1-18(2)11-15-7-3-4-9-16(15)17(18)14-8-5-6-13(10-14)12-19/h3-10,17,19H,11-12H2,1-2H3. The summed E-state index contributed by atoms with van der Waals surface area (Å²) in [7, 11) is 0. The van der Waals surface area contributed by atoms with E-state index in [-0.39, 0.29) is 0 Å². The monoisotopic (exact) mass is 268 g/mol.